The van der Waals surface area contributed by atoms with Crippen LogP contribution in [0.1, 0.15) is 33.1 Å². The third-order valence-corrected chi connectivity index (χ3v) is 10.2. The molecular formula is C21H35ClN4O3S2. The van der Waals surface area contributed by atoms with E-state index in [0.29, 0.717) is 36.8 Å². The minimum absolute atomic E-state index is 0.0853. The first kappa shape index (κ1) is 24.9. The number of nitrogens with zero attached hydrogens (tertiary/aromatic N) is 3. The van der Waals surface area contributed by atoms with Crippen LogP contribution in [0.2, 0.25) is 4.34 Å². The van der Waals surface area contributed by atoms with Gasteiger partial charge in [-0.3, -0.25) is 4.79 Å². The summed E-state index contributed by atoms with van der Waals surface area (Å²) in [5.74, 6) is 0.191. The molecule has 0 saturated carbocycles. The van der Waals surface area contributed by atoms with Crippen molar-refractivity contribution in [2.45, 2.75) is 37.3 Å². The summed E-state index contributed by atoms with van der Waals surface area (Å²) in [7, 11) is -3.48. The number of sulfonamides is 1. The molecule has 31 heavy (non-hydrogen) atoms. The summed E-state index contributed by atoms with van der Waals surface area (Å²) in [5.41, 5.74) is 0. The van der Waals surface area contributed by atoms with Crippen molar-refractivity contribution in [1.82, 2.24) is 19.4 Å². The van der Waals surface area contributed by atoms with Gasteiger partial charge in [0.25, 0.3) is 10.0 Å². The van der Waals surface area contributed by atoms with Gasteiger partial charge in [0.1, 0.15) is 4.21 Å². The van der Waals surface area contributed by atoms with Crippen LogP contribution in [-0.2, 0) is 14.8 Å². The first-order valence-corrected chi connectivity index (χ1v) is 13.9. The van der Waals surface area contributed by atoms with Gasteiger partial charge >= 0.3 is 0 Å². The van der Waals surface area contributed by atoms with E-state index >= 15 is 0 Å². The highest BCUT2D eigenvalue weighted by molar-refractivity contribution is 7.91. The van der Waals surface area contributed by atoms with Gasteiger partial charge in [-0.15, -0.1) is 11.3 Å². The Morgan fingerprint density at radius 1 is 1.16 bits per heavy atom. The Morgan fingerprint density at radius 2 is 1.81 bits per heavy atom. The average Bonchev–Trinajstić information content (AvgIpc) is 3.23. The van der Waals surface area contributed by atoms with E-state index < -0.39 is 10.0 Å². The molecule has 1 N–H and O–H groups in total. The smallest absolute Gasteiger partial charge is 0.252 e. The van der Waals surface area contributed by atoms with Gasteiger partial charge in [-0.25, -0.2) is 8.42 Å². The van der Waals surface area contributed by atoms with Crippen molar-refractivity contribution in [3.8, 4) is 0 Å². The number of thiophene rings is 1. The number of carbonyl (C=O) groups is 1. The van der Waals surface area contributed by atoms with Gasteiger partial charge in [0, 0.05) is 51.7 Å². The minimum Gasteiger partial charge on any atom is -0.356 e. The van der Waals surface area contributed by atoms with Crippen molar-refractivity contribution in [2.24, 2.45) is 11.8 Å². The molecule has 7 nitrogen and oxygen atoms in total. The molecule has 0 aliphatic carbocycles. The normalized spacial score (nSPS) is 21.3. The van der Waals surface area contributed by atoms with Crippen molar-refractivity contribution < 1.29 is 13.2 Å². The van der Waals surface area contributed by atoms with Crippen LogP contribution in [0.25, 0.3) is 0 Å². The van der Waals surface area contributed by atoms with Gasteiger partial charge < -0.3 is 15.1 Å². The fourth-order valence-electron chi connectivity index (χ4n) is 4.40. The maximum atomic E-state index is 12.7. The number of nitrogens with one attached hydrogen (secondary N) is 1. The Kier molecular flexibility index (Phi) is 9.19. The predicted molar refractivity (Wildman–Crippen MR) is 126 cm³/mol. The molecule has 0 aromatic carbocycles. The lowest BCUT2D eigenvalue weighted by Crippen LogP contribution is -2.47. The van der Waals surface area contributed by atoms with Crippen molar-refractivity contribution in [3.05, 3.63) is 16.5 Å². The molecule has 2 saturated heterocycles. The van der Waals surface area contributed by atoms with Crippen LogP contribution in [0.15, 0.2) is 16.3 Å². The largest absolute Gasteiger partial charge is 0.356 e. The first-order valence-electron chi connectivity index (χ1n) is 11.3. The maximum Gasteiger partial charge on any atom is 0.252 e. The standard InChI is InChI=1S/C21H35ClN4O3S2/c1-3-24-13-15-25(16-14-24)10-4-9-23-21(27)17(2)18-7-11-26(12-8-18)31(28,29)20-6-5-19(22)30-20/h5-6,17-18H,3-4,7-16H2,1-2H3,(H,23,27). The molecule has 3 heterocycles. The van der Waals surface area contributed by atoms with E-state index in [0.717, 1.165) is 57.0 Å². The van der Waals surface area contributed by atoms with E-state index in [9.17, 15) is 13.2 Å². The first-order chi connectivity index (χ1) is 14.8. The minimum atomic E-state index is -3.48. The van der Waals surface area contributed by atoms with Crippen LogP contribution < -0.4 is 5.32 Å². The highest BCUT2D eigenvalue weighted by atomic mass is 35.5. The fourth-order valence-corrected chi connectivity index (χ4v) is 7.50. The molecule has 2 aliphatic rings. The van der Waals surface area contributed by atoms with Crippen molar-refractivity contribution >= 4 is 38.9 Å². The fraction of sp³-hybridized carbons (Fsp3) is 0.762. The van der Waals surface area contributed by atoms with Gasteiger partial charge in [-0.05, 0) is 50.4 Å². The molecule has 176 valence electrons. The third-order valence-electron chi connectivity index (χ3n) is 6.62. The summed E-state index contributed by atoms with van der Waals surface area (Å²) in [6, 6.07) is 3.18. The summed E-state index contributed by atoms with van der Waals surface area (Å²) < 4.78 is 27.8. The number of halogens is 1. The average molecular weight is 491 g/mol. The molecule has 0 radical (unpaired) electrons. The summed E-state index contributed by atoms with van der Waals surface area (Å²) in [6.07, 6.45) is 2.37. The van der Waals surface area contributed by atoms with Crippen LogP contribution in [0.4, 0.5) is 0 Å². The molecule has 3 rings (SSSR count). The number of piperidine rings is 1. The van der Waals surface area contributed by atoms with Crippen LogP contribution >= 0.6 is 22.9 Å². The van der Waals surface area contributed by atoms with Gasteiger partial charge in [0.15, 0.2) is 0 Å². The van der Waals surface area contributed by atoms with Gasteiger partial charge in [0.05, 0.1) is 4.34 Å². The molecule has 1 atom stereocenters. The van der Waals surface area contributed by atoms with E-state index in [4.69, 9.17) is 11.6 Å². The number of piperazine rings is 1. The zero-order valence-electron chi connectivity index (χ0n) is 18.6. The number of hydrogen-bond donors (Lipinski definition) is 1. The zero-order valence-corrected chi connectivity index (χ0v) is 20.9. The highest BCUT2D eigenvalue weighted by Crippen LogP contribution is 2.32. The van der Waals surface area contributed by atoms with Crippen LogP contribution in [-0.4, -0.2) is 87.3 Å². The number of likely N-dealkylation sites (N-methyl/N-ethyl adjacent to an activating group) is 1. The maximum absolute atomic E-state index is 12.7. The second-order valence-electron chi connectivity index (χ2n) is 8.51. The highest BCUT2D eigenvalue weighted by Gasteiger charge is 2.34. The van der Waals surface area contributed by atoms with E-state index in [-0.39, 0.29) is 22.0 Å². The number of rotatable bonds is 9. The molecule has 2 aliphatic heterocycles. The topological polar surface area (TPSA) is 73.0 Å². The molecule has 1 amide bonds. The quantitative estimate of drug-likeness (QED) is 0.538. The Morgan fingerprint density at radius 3 is 2.39 bits per heavy atom. The molecule has 1 aromatic heterocycles. The van der Waals surface area contributed by atoms with Crippen LogP contribution in [0.3, 0.4) is 0 Å². The number of carbonyl (C=O) groups excluding carboxylic acids is 1. The lowest BCUT2D eigenvalue weighted by molar-refractivity contribution is -0.126. The van der Waals surface area contributed by atoms with Crippen molar-refractivity contribution in [3.63, 3.8) is 0 Å². The zero-order chi connectivity index (χ0) is 22.4. The summed E-state index contributed by atoms with van der Waals surface area (Å²) >= 11 is 6.99. The second-order valence-corrected chi connectivity index (χ2v) is 12.4. The van der Waals surface area contributed by atoms with Crippen LogP contribution in [0.5, 0.6) is 0 Å². The Bertz CT molecular complexity index is 816. The second kappa shape index (κ2) is 11.4. The Labute approximate surface area is 195 Å². The van der Waals surface area contributed by atoms with E-state index in [1.165, 1.54) is 4.31 Å². The molecular weight excluding hydrogens is 456 g/mol. The SMILES string of the molecule is CCN1CCN(CCCNC(=O)C(C)C2CCN(S(=O)(=O)c3ccc(Cl)s3)CC2)CC1. The Hall–Kier alpha value is -0.710. The number of amides is 1. The van der Waals surface area contributed by atoms with Crippen molar-refractivity contribution in [1.29, 1.82) is 0 Å². The molecule has 2 fully saturated rings. The molecule has 0 bridgehead atoms. The van der Waals surface area contributed by atoms with Gasteiger partial charge in [-0.1, -0.05) is 25.4 Å². The number of hydrogen-bond acceptors (Lipinski definition) is 6. The Balaban J connectivity index is 1.36. The molecule has 10 heteroatoms. The van der Waals surface area contributed by atoms with E-state index in [2.05, 4.69) is 22.0 Å². The van der Waals surface area contributed by atoms with E-state index in [1.807, 2.05) is 6.92 Å². The summed E-state index contributed by atoms with van der Waals surface area (Å²) in [5, 5.41) is 3.09. The van der Waals surface area contributed by atoms with Gasteiger partial charge in [-0.2, -0.15) is 4.31 Å². The molecule has 0 spiro atoms. The van der Waals surface area contributed by atoms with E-state index in [1.54, 1.807) is 12.1 Å². The summed E-state index contributed by atoms with van der Waals surface area (Å²) in [4.78, 5) is 17.5. The summed E-state index contributed by atoms with van der Waals surface area (Å²) in [6.45, 7) is 12.4. The molecule has 1 unspecified atom stereocenters. The van der Waals surface area contributed by atoms with Crippen LogP contribution in [0, 0.1) is 11.8 Å². The monoisotopic (exact) mass is 490 g/mol. The lowest BCUT2D eigenvalue weighted by Gasteiger charge is -2.34. The predicted octanol–water partition coefficient (Wildman–Crippen LogP) is 2.58. The third kappa shape index (κ3) is 6.65. The van der Waals surface area contributed by atoms with Gasteiger partial charge in [0.2, 0.25) is 5.91 Å². The van der Waals surface area contributed by atoms with Crippen molar-refractivity contribution in [2.75, 3.05) is 58.9 Å². The lowest BCUT2D eigenvalue weighted by atomic mass is 9.85. The molecule has 1 aromatic rings.